The summed E-state index contributed by atoms with van der Waals surface area (Å²) in [4.78, 5) is 0. The van der Waals surface area contributed by atoms with Crippen LogP contribution in [0.2, 0.25) is 0 Å². The van der Waals surface area contributed by atoms with E-state index in [0.29, 0.717) is 5.92 Å². The van der Waals surface area contributed by atoms with Gasteiger partial charge in [-0.1, -0.05) is 12.1 Å². The largest absolute Gasteiger partial charge is 0.497 e. The molecule has 17 heavy (non-hydrogen) atoms. The van der Waals surface area contributed by atoms with Crippen molar-refractivity contribution >= 4 is 0 Å². The Hall–Kier alpha value is -1.06. The molecule has 1 aliphatic rings. The molecule has 0 radical (unpaired) electrons. The molecule has 2 atom stereocenters. The maximum atomic E-state index is 6.18. The van der Waals surface area contributed by atoms with Crippen LogP contribution in [0.4, 0.5) is 0 Å². The van der Waals surface area contributed by atoms with Gasteiger partial charge < -0.3 is 15.2 Å². The zero-order valence-corrected chi connectivity index (χ0v) is 10.4. The van der Waals surface area contributed by atoms with Gasteiger partial charge in [0.1, 0.15) is 5.75 Å². The highest BCUT2D eigenvalue weighted by molar-refractivity contribution is 5.27. The number of nitrogens with two attached hydrogens (primary N) is 1. The molecule has 3 heteroatoms. The Morgan fingerprint density at radius 1 is 1.41 bits per heavy atom. The molecule has 1 aliphatic heterocycles. The summed E-state index contributed by atoms with van der Waals surface area (Å²) in [6, 6.07) is 8.48. The first-order chi connectivity index (χ1) is 8.29. The minimum absolute atomic E-state index is 0.264. The number of ether oxygens (including phenoxy) is 2. The number of hydrogen-bond acceptors (Lipinski definition) is 3. The van der Waals surface area contributed by atoms with Crippen molar-refractivity contribution in [2.45, 2.75) is 25.3 Å². The van der Waals surface area contributed by atoms with Crippen molar-refractivity contribution in [1.82, 2.24) is 0 Å². The minimum atomic E-state index is 0.264. The van der Waals surface area contributed by atoms with Crippen LogP contribution in [0.3, 0.4) is 0 Å². The molecular weight excluding hydrogens is 214 g/mol. The van der Waals surface area contributed by atoms with Gasteiger partial charge in [-0.25, -0.2) is 0 Å². The Morgan fingerprint density at radius 2 is 2.18 bits per heavy atom. The van der Waals surface area contributed by atoms with Crippen LogP contribution in [0.5, 0.6) is 5.75 Å². The maximum Gasteiger partial charge on any atom is 0.118 e. The maximum absolute atomic E-state index is 6.18. The Labute approximate surface area is 103 Å². The van der Waals surface area contributed by atoms with E-state index < -0.39 is 0 Å². The van der Waals surface area contributed by atoms with Crippen molar-refractivity contribution in [3.63, 3.8) is 0 Å². The Bertz CT molecular complexity index is 331. The summed E-state index contributed by atoms with van der Waals surface area (Å²) < 4.78 is 10.5. The van der Waals surface area contributed by atoms with Gasteiger partial charge >= 0.3 is 0 Å². The zero-order valence-electron chi connectivity index (χ0n) is 10.4. The summed E-state index contributed by atoms with van der Waals surface area (Å²) in [6.45, 7) is 1.71. The van der Waals surface area contributed by atoms with Gasteiger partial charge in [-0.15, -0.1) is 0 Å². The van der Waals surface area contributed by atoms with Crippen LogP contribution >= 0.6 is 0 Å². The van der Waals surface area contributed by atoms with Gasteiger partial charge in [0.15, 0.2) is 0 Å². The Morgan fingerprint density at radius 3 is 2.76 bits per heavy atom. The second-order valence-electron chi connectivity index (χ2n) is 4.67. The number of methoxy groups -OCH3 is 1. The molecule has 0 aliphatic carbocycles. The van der Waals surface area contributed by atoms with E-state index in [-0.39, 0.29) is 6.04 Å². The van der Waals surface area contributed by atoms with Crippen LogP contribution in [-0.4, -0.2) is 26.4 Å². The topological polar surface area (TPSA) is 44.5 Å². The van der Waals surface area contributed by atoms with Crippen LogP contribution in [-0.2, 0) is 11.2 Å². The number of rotatable bonds is 5. The quantitative estimate of drug-likeness (QED) is 0.849. The van der Waals surface area contributed by atoms with Crippen LogP contribution in [0.25, 0.3) is 0 Å². The number of benzene rings is 1. The van der Waals surface area contributed by atoms with E-state index in [9.17, 15) is 0 Å². The van der Waals surface area contributed by atoms with Crippen LogP contribution in [0.1, 0.15) is 18.4 Å². The van der Waals surface area contributed by atoms with Crippen molar-refractivity contribution in [2.75, 3.05) is 20.3 Å². The minimum Gasteiger partial charge on any atom is -0.497 e. The van der Waals surface area contributed by atoms with Crippen LogP contribution in [0.15, 0.2) is 24.3 Å². The molecule has 0 aromatic heterocycles. The average Bonchev–Trinajstić information content (AvgIpc) is 2.90. The standard InChI is InChI=1S/C14H21NO2/c1-16-13-5-2-11(3-6-13)4-7-14(15)12-8-9-17-10-12/h2-3,5-6,12,14H,4,7-10,15H2,1H3. The predicted octanol–water partition coefficient (Wildman–Crippen LogP) is 1.99. The van der Waals surface area contributed by atoms with Crippen molar-refractivity contribution in [1.29, 1.82) is 0 Å². The summed E-state index contributed by atoms with van der Waals surface area (Å²) in [5, 5.41) is 0. The monoisotopic (exact) mass is 235 g/mol. The van der Waals surface area contributed by atoms with E-state index in [1.165, 1.54) is 5.56 Å². The first kappa shape index (κ1) is 12.4. The van der Waals surface area contributed by atoms with E-state index in [0.717, 1.165) is 38.2 Å². The molecule has 0 amide bonds. The summed E-state index contributed by atoms with van der Waals surface area (Å²) in [7, 11) is 1.69. The van der Waals surface area contributed by atoms with Gasteiger partial charge in [0, 0.05) is 12.6 Å². The molecule has 1 heterocycles. The van der Waals surface area contributed by atoms with Gasteiger partial charge in [0.2, 0.25) is 0 Å². The van der Waals surface area contributed by atoms with Crippen LogP contribution < -0.4 is 10.5 Å². The lowest BCUT2D eigenvalue weighted by Gasteiger charge is -2.17. The van der Waals surface area contributed by atoms with Crippen molar-refractivity contribution in [2.24, 2.45) is 11.7 Å². The smallest absolute Gasteiger partial charge is 0.118 e. The summed E-state index contributed by atoms with van der Waals surface area (Å²) in [5.41, 5.74) is 7.50. The van der Waals surface area contributed by atoms with Gasteiger partial charge in [-0.3, -0.25) is 0 Å². The normalized spacial score (nSPS) is 21.4. The molecule has 1 fully saturated rings. The number of hydrogen-bond donors (Lipinski definition) is 1. The summed E-state index contributed by atoms with van der Waals surface area (Å²) >= 11 is 0. The molecule has 1 aromatic rings. The fourth-order valence-electron chi connectivity index (χ4n) is 2.25. The highest BCUT2D eigenvalue weighted by Gasteiger charge is 2.22. The van der Waals surface area contributed by atoms with E-state index in [2.05, 4.69) is 12.1 Å². The Balaban J connectivity index is 1.80. The van der Waals surface area contributed by atoms with E-state index in [1.54, 1.807) is 7.11 Å². The number of aryl methyl sites for hydroxylation is 1. The van der Waals surface area contributed by atoms with E-state index >= 15 is 0 Å². The Kier molecular flexibility index (Phi) is 4.40. The highest BCUT2D eigenvalue weighted by Crippen LogP contribution is 2.19. The predicted molar refractivity (Wildman–Crippen MR) is 68.2 cm³/mol. The molecule has 2 N–H and O–H groups in total. The molecule has 1 saturated heterocycles. The molecule has 3 nitrogen and oxygen atoms in total. The molecule has 0 saturated carbocycles. The zero-order chi connectivity index (χ0) is 12.1. The lowest BCUT2D eigenvalue weighted by Crippen LogP contribution is -2.30. The van der Waals surface area contributed by atoms with Crippen molar-refractivity contribution in [3.05, 3.63) is 29.8 Å². The molecular formula is C14H21NO2. The second-order valence-corrected chi connectivity index (χ2v) is 4.67. The summed E-state index contributed by atoms with van der Waals surface area (Å²) in [6.07, 6.45) is 3.17. The van der Waals surface area contributed by atoms with Crippen LogP contribution in [0, 0.1) is 5.92 Å². The van der Waals surface area contributed by atoms with Gasteiger partial charge in [-0.05, 0) is 42.9 Å². The average molecular weight is 235 g/mol. The summed E-state index contributed by atoms with van der Waals surface area (Å²) in [5.74, 6) is 1.45. The fraction of sp³-hybridized carbons (Fsp3) is 0.571. The highest BCUT2D eigenvalue weighted by atomic mass is 16.5. The molecule has 0 spiro atoms. The third kappa shape index (κ3) is 3.45. The van der Waals surface area contributed by atoms with E-state index in [4.69, 9.17) is 15.2 Å². The first-order valence-electron chi connectivity index (χ1n) is 6.26. The SMILES string of the molecule is COc1ccc(CCC(N)C2CCOC2)cc1. The van der Waals surface area contributed by atoms with Gasteiger partial charge in [0.25, 0.3) is 0 Å². The van der Waals surface area contributed by atoms with Gasteiger partial charge in [0.05, 0.1) is 13.7 Å². The molecule has 1 aromatic carbocycles. The van der Waals surface area contributed by atoms with Crippen molar-refractivity contribution in [3.8, 4) is 5.75 Å². The fourth-order valence-corrected chi connectivity index (χ4v) is 2.25. The van der Waals surface area contributed by atoms with Gasteiger partial charge in [-0.2, -0.15) is 0 Å². The molecule has 2 rings (SSSR count). The lowest BCUT2D eigenvalue weighted by molar-refractivity contribution is 0.180. The third-order valence-corrected chi connectivity index (χ3v) is 3.50. The molecule has 94 valence electrons. The lowest BCUT2D eigenvalue weighted by atomic mass is 9.94. The molecule has 2 unspecified atom stereocenters. The second kappa shape index (κ2) is 6.03. The van der Waals surface area contributed by atoms with Crippen molar-refractivity contribution < 1.29 is 9.47 Å². The van der Waals surface area contributed by atoms with E-state index in [1.807, 2.05) is 12.1 Å². The third-order valence-electron chi connectivity index (χ3n) is 3.50. The first-order valence-corrected chi connectivity index (χ1v) is 6.26. The molecule has 0 bridgehead atoms.